The average molecular weight is 313 g/mol. The molecule has 2 aliphatic heterocycles. The SMILES string of the molecule is COCCn1ncc(N2CC3CCCNC3C2)c(Cl)c1=O. The van der Waals surface area contributed by atoms with Crippen molar-refractivity contribution in [3.05, 3.63) is 21.6 Å². The number of nitrogens with zero attached hydrogens (tertiary/aromatic N) is 3. The van der Waals surface area contributed by atoms with E-state index in [1.807, 2.05) is 0 Å². The second kappa shape index (κ2) is 6.34. The van der Waals surface area contributed by atoms with E-state index >= 15 is 0 Å². The minimum atomic E-state index is -0.242. The summed E-state index contributed by atoms with van der Waals surface area (Å²) in [4.78, 5) is 14.4. The van der Waals surface area contributed by atoms with Crippen LogP contribution in [-0.4, -0.2) is 49.2 Å². The zero-order valence-electron chi connectivity index (χ0n) is 12.2. The van der Waals surface area contributed by atoms with Gasteiger partial charge in [0.2, 0.25) is 0 Å². The highest BCUT2D eigenvalue weighted by atomic mass is 35.5. The smallest absolute Gasteiger partial charge is 0.287 e. The van der Waals surface area contributed by atoms with Crippen molar-refractivity contribution >= 4 is 17.3 Å². The van der Waals surface area contributed by atoms with Crippen LogP contribution >= 0.6 is 11.6 Å². The fourth-order valence-corrected chi connectivity index (χ4v) is 3.52. The van der Waals surface area contributed by atoms with Crippen molar-refractivity contribution in [2.75, 3.05) is 38.3 Å². The van der Waals surface area contributed by atoms with Crippen molar-refractivity contribution < 1.29 is 4.74 Å². The van der Waals surface area contributed by atoms with Gasteiger partial charge in [-0.2, -0.15) is 5.10 Å². The molecule has 6 nitrogen and oxygen atoms in total. The number of hydrogen-bond acceptors (Lipinski definition) is 5. The molecule has 0 saturated carbocycles. The fraction of sp³-hybridized carbons (Fsp3) is 0.714. The van der Waals surface area contributed by atoms with Crippen molar-refractivity contribution in [3.8, 4) is 0 Å². The molecule has 1 aromatic rings. The van der Waals surface area contributed by atoms with Gasteiger partial charge in [0.05, 0.1) is 25.0 Å². The highest BCUT2D eigenvalue weighted by molar-refractivity contribution is 6.33. The van der Waals surface area contributed by atoms with E-state index in [0.717, 1.165) is 25.3 Å². The molecule has 2 saturated heterocycles. The lowest BCUT2D eigenvalue weighted by Gasteiger charge is -2.24. The number of hydrogen-bond donors (Lipinski definition) is 1. The molecule has 0 amide bonds. The maximum atomic E-state index is 12.2. The Labute approximate surface area is 129 Å². The number of ether oxygens (including phenoxy) is 1. The number of rotatable bonds is 4. The highest BCUT2D eigenvalue weighted by Crippen LogP contribution is 2.31. The van der Waals surface area contributed by atoms with Gasteiger partial charge >= 0.3 is 0 Å². The van der Waals surface area contributed by atoms with Crippen molar-refractivity contribution in [2.24, 2.45) is 5.92 Å². The number of fused-ring (bicyclic) bond motifs is 1. The predicted molar refractivity (Wildman–Crippen MR) is 82.1 cm³/mol. The molecule has 0 bridgehead atoms. The Kier molecular flexibility index (Phi) is 4.47. The van der Waals surface area contributed by atoms with Crippen LogP contribution in [0.4, 0.5) is 5.69 Å². The van der Waals surface area contributed by atoms with Gasteiger partial charge < -0.3 is 15.0 Å². The summed E-state index contributed by atoms with van der Waals surface area (Å²) in [6.07, 6.45) is 4.17. The summed E-state index contributed by atoms with van der Waals surface area (Å²) in [7, 11) is 1.60. The van der Waals surface area contributed by atoms with E-state index in [-0.39, 0.29) is 10.6 Å². The van der Waals surface area contributed by atoms with E-state index in [2.05, 4.69) is 15.3 Å². The van der Waals surface area contributed by atoms with Crippen molar-refractivity contribution in [1.29, 1.82) is 0 Å². The molecule has 0 spiro atoms. The first kappa shape index (κ1) is 14.8. The van der Waals surface area contributed by atoms with Crippen LogP contribution in [0.1, 0.15) is 12.8 Å². The summed E-state index contributed by atoms with van der Waals surface area (Å²) in [5.41, 5.74) is 0.514. The first-order valence-corrected chi connectivity index (χ1v) is 7.81. The molecule has 21 heavy (non-hydrogen) atoms. The molecule has 2 aliphatic rings. The minimum absolute atomic E-state index is 0.242. The molecule has 2 fully saturated rings. The third kappa shape index (κ3) is 2.93. The van der Waals surface area contributed by atoms with E-state index < -0.39 is 0 Å². The number of aromatic nitrogens is 2. The van der Waals surface area contributed by atoms with Crippen LogP contribution in [0.2, 0.25) is 5.02 Å². The average Bonchev–Trinajstić information content (AvgIpc) is 2.92. The maximum absolute atomic E-state index is 12.2. The number of nitrogens with one attached hydrogen (secondary N) is 1. The van der Waals surface area contributed by atoms with E-state index in [1.54, 1.807) is 13.3 Å². The first-order chi connectivity index (χ1) is 10.2. The summed E-state index contributed by atoms with van der Waals surface area (Å²) >= 11 is 6.28. The van der Waals surface area contributed by atoms with Crippen LogP contribution in [0, 0.1) is 5.92 Å². The quantitative estimate of drug-likeness (QED) is 0.888. The fourth-order valence-electron chi connectivity index (χ4n) is 3.26. The number of piperidine rings is 1. The molecule has 2 unspecified atom stereocenters. The van der Waals surface area contributed by atoms with Gasteiger partial charge in [-0.15, -0.1) is 0 Å². The van der Waals surface area contributed by atoms with E-state index in [9.17, 15) is 4.79 Å². The van der Waals surface area contributed by atoms with Gasteiger partial charge in [0.1, 0.15) is 5.02 Å². The van der Waals surface area contributed by atoms with E-state index in [0.29, 0.717) is 25.1 Å². The molecule has 2 atom stereocenters. The molecule has 1 N–H and O–H groups in total. The van der Waals surface area contributed by atoms with Crippen LogP contribution in [0.5, 0.6) is 0 Å². The van der Waals surface area contributed by atoms with Crippen LogP contribution in [0.3, 0.4) is 0 Å². The second-order valence-corrected chi connectivity index (χ2v) is 6.11. The minimum Gasteiger partial charge on any atom is -0.383 e. The largest absolute Gasteiger partial charge is 0.383 e. The predicted octanol–water partition coefficient (Wildman–Crippen LogP) is 0.731. The van der Waals surface area contributed by atoms with Crippen LogP contribution < -0.4 is 15.8 Å². The van der Waals surface area contributed by atoms with Gasteiger partial charge in [-0.3, -0.25) is 4.79 Å². The molecule has 0 aliphatic carbocycles. The lowest BCUT2D eigenvalue weighted by Crippen LogP contribution is -2.40. The Morgan fingerprint density at radius 3 is 3.14 bits per heavy atom. The Morgan fingerprint density at radius 1 is 1.52 bits per heavy atom. The molecule has 3 rings (SSSR count). The van der Waals surface area contributed by atoms with Gasteiger partial charge in [-0.1, -0.05) is 11.6 Å². The molecular formula is C14H21ClN4O2. The lowest BCUT2D eigenvalue weighted by atomic mass is 9.94. The Hall–Kier alpha value is -1.11. The monoisotopic (exact) mass is 312 g/mol. The second-order valence-electron chi connectivity index (χ2n) is 5.73. The molecule has 3 heterocycles. The summed E-state index contributed by atoms with van der Waals surface area (Å²) in [5.74, 6) is 0.644. The lowest BCUT2D eigenvalue weighted by molar-refractivity contribution is 0.182. The number of methoxy groups -OCH3 is 1. The van der Waals surface area contributed by atoms with Crippen LogP contribution in [0.25, 0.3) is 0 Å². The standard InChI is InChI=1S/C14H21ClN4O2/c1-21-6-5-19-14(20)13(15)12(7-17-19)18-8-10-3-2-4-16-11(10)9-18/h7,10-11,16H,2-6,8-9H2,1H3. The van der Waals surface area contributed by atoms with Crippen LogP contribution in [-0.2, 0) is 11.3 Å². The van der Waals surface area contributed by atoms with Gasteiger partial charge in [0, 0.05) is 26.2 Å². The Morgan fingerprint density at radius 2 is 2.38 bits per heavy atom. The van der Waals surface area contributed by atoms with Crippen molar-refractivity contribution in [3.63, 3.8) is 0 Å². The molecular weight excluding hydrogens is 292 g/mol. The van der Waals surface area contributed by atoms with Gasteiger partial charge in [-0.25, -0.2) is 4.68 Å². The van der Waals surface area contributed by atoms with Gasteiger partial charge in [0.25, 0.3) is 5.56 Å². The van der Waals surface area contributed by atoms with E-state index in [4.69, 9.17) is 16.3 Å². The molecule has 116 valence electrons. The van der Waals surface area contributed by atoms with Crippen molar-refractivity contribution in [1.82, 2.24) is 15.1 Å². The number of anilines is 1. The summed E-state index contributed by atoms with van der Waals surface area (Å²) < 4.78 is 6.33. The van der Waals surface area contributed by atoms with E-state index in [1.165, 1.54) is 17.5 Å². The maximum Gasteiger partial charge on any atom is 0.287 e. The Balaban J connectivity index is 1.80. The topological polar surface area (TPSA) is 59.4 Å². The normalized spacial score (nSPS) is 25.1. The summed E-state index contributed by atoms with van der Waals surface area (Å²) in [6.45, 7) is 3.79. The molecule has 7 heteroatoms. The van der Waals surface area contributed by atoms with Crippen molar-refractivity contribution in [2.45, 2.75) is 25.4 Å². The third-order valence-electron chi connectivity index (χ3n) is 4.41. The number of halogens is 1. The third-order valence-corrected chi connectivity index (χ3v) is 4.77. The molecule has 0 aromatic carbocycles. The highest BCUT2D eigenvalue weighted by Gasteiger charge is 2.35. The molecule has 0 radical (unpaired) electrons. The Bertz CT molecular complexity index is 548. The zero-order valence-corrected chi connectivity index (χ0v) is 13.0. The van der Waals surface area contributed by atoms with Crippen LogP contribution in [0.15, 0.2) is 11.0 Å². The summed E-state index contributed by atoms with van der Waals surface area (Å²) in [6, 6.07) is 0.505. The van der Waals surface area contributed by atoms with Gasteiger partial charge in [-0.05, 0) is 25.3 Å². The van der Waals surface area contributed by atoms with Gasteiger partial charge in [0.15, 0.2) is 0 Å². The first-order valence-electron chi connectivity index (χ1n) is 7.43. The zero-order chi connectivity index (χ0) is 14.8. The molecule has 1 aromatic heterocycles. The summed E-state index contributed by atoms with van der Waals surface area (Å²) in [5, 5.41) is 8.03.